The summed E-state index contributed by atoms with van der Waals surface area (Å²) in [5, 5.41) is 15.1. The van der Waals surface area contributed by atoms with E-state index in [1.165, 1.54) is 6.07 Å². The molecule has 2 fully saturated rings. The zero-order chi connectivity index (χ0) is 24.3. The fraction of sp³-hybridized carbons (Fsp3) is 0.259. The molecule has 2 saturated heterocycles. The van der Waals surface area contributed by atoms with Gasteiger partial charge in [0.15, 0.2) is 5.78 Å². The molecule has 3 unspecified atom stereocenters. The topological polar surface area (TPSA) is 92.5 Å². The number of fused-ring (bicyclic) bond motifs is 4. The summed E-state index contributed by atoms with van der Waals surface area (Å²) in [6.45, 7) is 0.669. The molecule has 3 aromatic carbocycles. The lowest BCUT2D eigenvalue weighted by Gasteiger charge is -2.36. The molecule has 8 heteroatoms. The number of nitrogens with one attached hydrogen (secondary N) is 1. The second kappa shape index (κ2) is 8.00. The lowest BCUT2D eigenvalue weighted by Crippen LogP contribution is -2.52. The van der Waals surface area contributed by atoms with E-state index in [-0.39, 0.29) is 23.4 Å². The number of carbonyl (C=O) groups excluding carboxylic acids is 2. The van der Waals surface area contributed by atoms with E-state index in [0.29, 0.717) is 28.4 Å². The van der Waals surface area contributed by atoms with Gasteiger partial charge >= 0.3 is 0 Å². The Morgan fingerprint density at radius 2 is 1.86 bits per heavy atom. The van der Waals surface area contributed by atoms with E-state index in [2.05, 4.69) is 10.2 Å². The number of hydrogen-bond acceptors (Lipinski definition) is 5. The maximum Gasteiger partial charge on any atom is 0.269 e. The summed E-state index contributed by atoms with van der Waals surface area (Å²) < 4.78 is 0. The molecular weight excluding hydrogens is 466 g/mol. The number of halogens is 1. The van der Waals surface area contributed by atoms with Crippen molar-refractivity contribution in [3.05, 3.63) is 105 Å². The minimum absolute atomic E-state index is 0.0260. The van der Waals surface area contributed by atoms with E-state index in [4.69, 9.17) is 11.6 Å². The van der Waals surface area contributed by atoms with Gasteiger partial charge in [0, 0.05) is 45.9 Å². The first-order valence-corrected chi connectivity index (χ1v) is 12.0. The second-order valence-electron chi connectivity index (χ2n) is 9.40. The van der Waals surface area contributed by atoms with Crippen molar-refractivity contribution in [1.82, 2.24) is 4.90 Å². The maximum absolute atomic E-state index is 14.3. The number of nitro groups is 1. The highest BCUT2D eigenvalue weighted by Crippen LogP contribution is 2.61. The quantitative estimate of drug-likeness (QED) is 0.312. The Bertz CT molecular complexity index is 1370. The molecule has 6 rings (SSSR count). The van der Waals surface area contributed by atoms with Crippen LogP contribution in [0.15, 0.2) is 72.8 Å². The number of carbonyl (C=O) groups is 2. The third-order valence-corrected chi connectivity index (χ3v) is 8.04. The molecule has 4 atom stereocenters. The van der Waals surface area contributed by atoms with Crippen LogP contribution in [0.1, 0.15) is 40.2 Å². The molecule has 1 amide bonds. The number of anilines is 1. The number of nitrogens with zero attached hydrogens (tertiary/aromatic N) is 2. The van der Waals surface area contributed by atoms with Gasteiger partial charge in [0.2, 0.25) is 5.91 Å². The van der Waals surface area contributed by atoms with Crippen LogP contribution in [0, 0.1) is 16.0 Å². The van der Waals surface area contributed by atoms with E-state index >= 15 is 0 Å². The Labute approximate surface area is 206 Å². The minimum atomic E-state index is -1.19. The molecule has 3 aliphatic rings. The summed E-state index contributed by atoms with van der Waals surface area (Å²) in [4.78, 5) is 41.6. The first-order valence-electron chi connectivity index (χ1n) is 11.6. The molecule has 35 heavy (non-hydrogen) atoms. The summed E-state index contributed by atoms with van der Waals surface area (Å²) in [6, 6.07) is 20.6. The van der Waals surface area contributed by atoms with Crippen LogP contribution in [0.25, 0.3) is 0 Å². The van der Waals surface area contributed by atoms with Crippen LogP contribution in [0.3, 0.4) is 0 Å². The lowest BCUT2D eigenvalue weighted by molar-refractivity contribution is -0.384. The van der Waals surface area contributed by atoms with Gasteiger partial charge in [0.05, 0.1) is 10.8 Å². The molecule has 1 spiro atoms. The lowest BCUT2D eigenvalue weighted by atomic mass is 9.68. The molecule has 0 saturated carbocycles. The van der Waals surface area contributed by atoms with Crippen molar-refractivity contribution < 1.29 is 14.5 Å². The number of amides is 1. The van der Waals surface area contributed by atoms with Crippen molar-refractivity contribution in [2.75, 3.05) is 11.9 Å². The summed E-state index contributed by atoms with van der Waals surface area (Å²) in [6.07, 6.45) is 1.68. The fourth-order valence-electron chi connectivity index (χ4n) is 6.53. The smallest absolute Gasteiger partial charge is 0.269 e. The number of benzene rings is 3. The van der Waals surface area contributed by atoms with Crippen molar-refractivity contribution in [2.24, 2.45) is 5.92 Å². The average Bonchev–Trinajstić information content (AvgIpc) is 3.52. The van der Waals surface area contributed by atoms with Gasteiger partial charge in [-0.05, 0) is 55.3 Å². The molecule has 3 heterocycles. The average molecular weight is 488 g/mol. The van der Waals surface area contributed by atoms with Crippen molar-refractivity contribution in [3.8, 4) is 0 Å². The standard InChI is InChI=1S/C27H22ClN3O4/c28-18-12-10-16(11-13-18)25(32)24-23(17-5-3-6-19(15-17)31(34)35)22-9-4-14-30(22)27(24)20-7-1-2-8-21(20)29-26(27)33/h1-3,5-8,10-13,15,22-24H,4,9,14H2,(H,29,33)/t22?,23?,24?,27-/m1/s1. The van der Waals surface area contributed by atoms with E-state index < -0.39 is 22.3 Å². The number of Topliss-reactive ketones (excluding diaryl/α,β-unsaturated/α-hetero) is 1. The van der Waals surface area contributed by atoms with E-state index in [0.717, 1.165) is 18.4 Å². The van der Waals surface area contributed by atoms with E-state index in [9.17, 15) is 19.7 Å². The van der Waals surface area contributed by atoms with Gasteiger partial charge in [0.25, 0.3) is 5.69 Å². The summed E-state index contributed by atoms with van der Waals surface area (Å²) in [7, 11) is 0. The van der Waals surface area contributed by atoms with E-state index in [1.807, 2.05) is 30.3 Å². The number of rotatable bonds is 4. The van der Waals surface area contributed by atoms with Crippen LogP contribution in [-0.4, -0.2) is 34.1 Å². The largest absolute Gasteiger partial charge is 0.324 e. The molecule has 0 aliphatic carbocycles. The van der Waals surface area contributed by atoms with Crippen LogP contribution in [0.2, 0.25) is 5.02 Å². The summed E-state index contributed by atoms with van der Waals surface area (Å²) >= 11 is 6.09. The molecule has 0 radical (unpaired) electrons. The zero-order valence-corrected chi connectivity index (χ0v) is 19.4. The number of hydrogen-bond donors (Lipinski definition) is 1. The number of para-hydroxylation sites is 1. The van der Waals surface area contributed by atoms with Crippen LogP contribution >= 0.6 is 11.6 Å². The Morgan fingerprint density at radius 3 is 2.63 bits per heavy atom. The van der Waals surface area contributed by atoms with Gasteiger partial charge in [-0.25, -0.2) is 0 Å². The normalized spacial score (nSPS) is 27.0. The Morgan fingerprint density at radius 1 is 1.09 bits per heavy atom. The third kappa shape index (κ3) is 3.08. The molecule has 3 aliphatic heterocycles. The molecule has 1 N–H and O–H groups in total. The number of nitro benzene ring substituents is 1. The highest BCUT2D eigenvalue weighted by Gasteiger charge is 2.69. The van der Waals surface area contributed by atoms with Gasteiger partial charge < -0.3 is 5.32 Å². The predicted molar refractivity (Wildman–Crippen MR) is 132 cm³/mol. The molecule has 0 aromatic heterocycles. The third-order valence-electron chi connectivity index (χ3n) is 7.79. The van der Waals surface area contributed by atoms with Crippen molar-refractivity contribution >= 4 is 34.7 Å². The van der Waals surface area contributed by atoms with Gasteiger partial charge in [-0.15, -0.1) is 0 Å². The first-order chi connectivity index (χ1) is 16.9. The van der Waals surface area contributed by atoms with Crippen molar-refractivity contribution in [1.29, 1.82) is 0 Å². The van der Waals surface area contributed by atoms with Crippen LogP contribution in [0.5, 0.6) is 0 Å². The molecule has 0 bridgehead atoms. The molecule has 176 valence electrons. The SMILES string of the molecule is O=C(c1ccc(Cl)cc1)C1C(c2cccc([N+](=O)[O-])c2)C2CCCN2[C@@]12C(=O)Nc1ccccc12. The van der Waals surface area contributed by atoms with E-state index in [1.54, 1.807) is 36.4 Å². The Kier molecular flexibility index (Phi) is 5.02. The molecule has 3 aromatic rings. The Balaban J connectivity index is 1.61. The highest BCUT2D eigenvalue weighted by atomic mass is 35.5. The summed E-state index contributed by atoms with van der Waals surface area (Å²) in [5.74, 6) is -1.54. The predicted octanol–water partition coefficient (Wildman–Crippen LogP) is 5.16. The van der Waals surface area contributed by atoms with Crippen molar-refractivity contribution in [2.45, 2.75) is 30.3 Å². The van der Waals surface area contributed by atoms with Gasteiger partial charge in [0.1, 0.15) is 5.54 Å². The van der Waals surface area contributed by atoms with Crippen LogP contribution in [0.4, 0.5) is 11.4 Å². The summed E-state index contributed by atoms with van der Waals surface area (Å²) in [5.41, 5.74) is 1.45. The second-order valence-corrected chi connectivity index (χ2v) is 9.83. The van der Waals surface area contributed by atoms with Gasteiger partial charge in [-0.1, -0.05) is 41.9 Å². The fourth-order valence-corrected chi connectivity index (χ4v) is 6.66. The Hall–Kier alpha value is -3.55. The van der Waals surface area contributed by atoms with Gasteiger partial charge in [-0.3, -0.25) is 24.6 Å². The number of non-ortho nitro benzene ring substituents is 1. The van der Waals surface area contributed by atoms with Gasteiger partial charge in [-0.2, -0.15) is 0 Å². The molecule has 7 nitrogen and oxygen atoms in total. The minimum Gasteiger partial charge on any atom is -0.324 e. The number of ketones is 1. The monoisotopic (exact) mass is 487 g/mol. The van der Waals surface area contributed by atoms with Crippen molar-refractivity contribution in [3.63, 3.8) is 0 Å². The highest BCUT2D eigenvalue weighted by molar-refractivity contribution is 6.30. The van der Waals surface area contributed by atoms with Crippen LogP contribution < -0.4 is 5.32 Å². The first kappa shape index (κ1) is 21.9. The van der Waals surface area contributed by atoms with Crippen LogP contribution in [-0.2, 0) is 10.3 Å². The molecular formula is C27H22ClN3O4. The zero-order valence-electron chi connectivity index (χ0n) is 18.7. The maximum atomic E-state index is 14.3.